The van der Waals surface area contributed by atoms with E-state index in [0.717, 1.165) is 10.2 Å². The molecule has 4 aromatic heterocycles. The van der Waals surface area contributed by atoms with Gasteiger partial charge in [0.25, 0.3) is 10.0 Å². The molecule has 0 unspecified atom stereocenters. The fourth-order valence-corrected chi connectivity index (χ4v) is 7.35. The largest absolute Gasteiger partial charge is 0.444 e. The van der Waals surface area contributed by atoms with Gasteiger partial charge in [0, 0.05) is 43.5 Å². The first kappa shape index (κ1) is 35.8. The number of carbonyl (C=O) groups excluding carboxylic acids is 1. The Morgan fingerprint density at radius 3 is 2.41 bits per heavy atom. The standard InChI is InChI=1S/C34H36F3N7O6S/c1-19-28(20(2)50-42-19)25-13-12-22-23(17-44(30(22)39-25)51(46,47)21-10-8-7-9-11-21)29-24(34(35,36)37)16-38-31(41-29)40-26-18-43(15-14-27(26)48-6)32(45)49-33(3,4)5/h7-13,16-17,26-27H,14-15,18H2,1-6H3,(H,38,40,41)/t26-,27-/m1/s1. The first-order valence-corrected chi connectivity index (χ1v) is 17.4. The van der Waals surface area contributed by atoms with E-state index in [0.29, 0.717) is 41.9 Å². The summed E-state index contributed by atoms with van der Waals surface area (Å²) in [6, 6.07) is 9.90. The van der Waals surface area contributed by atoms with E-state index < -0.39 is 51.3 Å². The van der Waals surface area contributed by atoms with Crippen LogP contribution in [-0.4, -0.2) is 81.4 Å². The van der Waals surface area contributed by atoms with Crippen LogP contribution in [0, 0.1) is 13.8 Å². The minimum Gasteiger partial charge on any atom is -0.444 e. The summed E-state index contributed by atoms with van der Waals surface area (Å²) in [6.45, 7) is 9.03. The quantitative estimate of drug-likeness (QED) is 0.197. The number of halogens is 3. The highest BCUT2D eigenvalue weighted by molar-refractivity contribution is 7.90. The molecule has 0 spiro atoms. The predicted octanol–water partition coefficient (Wildman–Crippen LogP) is 6.46. The van der Waals surface area contributed by atoms with Crippen molar-refractivity contribution in [1.29, 1.82) is 0 Å². The topological polar surface area (TPSA) is 155 Å². The van der Waals surface area contributed by atoms with Gasteiger partial charge in [-0.3, -0.25) is 0 Å². The smallest absolute Gasteiger partial charge is 0.419 e. The number of aromatic nitrogens is 5. The SMILES string of the molecule is CO[C@@H]1CCN(C(=O)OC(C)(C)C)C[C@H]1Nc1ncc(C(F)(F)F)c(-c2cn(S(=O)(=O)c3ccccc3)c3nc(-c4c(C)noc4C)ccc23)n1. The Morgan fingerprint density at radius 2 is 1.78 bits per heavy atom. The number of amides is 1. The normalized spacial score (nSPS) is 17.2. The van der Waals surface area contributed by atoms with Crippen molar-refractivity contribution >= 4 is 33.1 Å². The number of benzene rings is 1. The van der Waals surface area contributed by atoms with E-state index >= 15 is 0 Å². The summed E-state index contributed by atoms with van der Waals surface area (Å²) in [5, 5.41) is 7.09. The molecule has 1 amide bonds. The summed E-state index contributed by atoms with van der Waals surface area (Å²) >= 11 is 0. The average molecular weight is 728 g/mol. The summed E-state index contributed by atoms with van der Waals surface area (Å²) < 4.78 is 89.3. The molecule has 0 saturated carbocycles. The number of pyridine rings is 1. The molecule has 13 nitrogen and oxygen atoms in total. The van der Waals surface area contributed by atoms with Crippen molar-refractivity contribution in [3.8, 4) is 22.5 Å². The molecule has 1 aromatic carbocycles. The lowest BCUT2D eigenvalue weighted by Gasteiger charge is -2.38. The molecule has 0 aliphatic carbocycles. The number of nitrogens with one attached hydrogen (secondary N) is 1. The van der Waals surface area contributed by atoms with Crippen LogP contribution in [0.4, 0.5) is 23.9 Å². The zero-order valence-electron chi connectivity index (χ0n) is 28.6. The van der Waals surface area contributed by atoms with Gasteiger partial charge in [-0.05, 0) is 65.3 Å². The molecule has 5 aromatic rings. The molecule has 5 heterocycles. The van der Waals surface area contributed by atoms with Gasteiger partial charge in [-0.2, -0.15) is 13.2 Å². The van der Waals surface area contributed by atoms with Crippen LogP contribution in [0.2, 0.25) is 0 Å². The number of anilines is 1. The van der Waals surface area contributed by atoms with Crippen molar-refractivity contribution in [2.24, 2.45) is 0 Å². The van der Waals surface area contributed by atoms with Crippen LogP contribution < -0.4 is 5.32 Å². The number of rotatable bonds is 7. The number of piperidine rings is 1. The number of hydrogen-bond acceptors (Lipinski definition) is 11. The lowest BCUT2D eigenvalue weighted by atomic mass is 10.0. The lowest BCUT2D eigenvalue weighted by Crippen LogP contribution is -2.53. The molecule has 1 N–H and O–H groups in total. The maximum Gasteiger partial charge on any atom is 0.419 e. The summed E-state index contributed by atoms with van der Waals surface area (Å²) in [6.07, 6.45) is -3.78. The average Bonchev–Trinajstić information content (AvgIpc) is 3.62. The Bertz CT molecular complexity index is 2180. The van der Waals surface area contributed by atoms with E-state index in [4.69, 9.17) is 14.0 Å². The highest BCUT2D eigenvalue weighted by Gasteiger charge is 2.38. The van der Waals surface area contributed by atoms with E-state index in [1.54, 1.807) is 46.8 Å². The highest BCUT2D eigenvalue weighted by Crippen LogP contribution is 2.41. The van der Waals surface area contributed by atoms with Crippen molar-refractivity contribution < 1.29 is 40.4 Å². The van der Waals surface area contributed by atoms with Crippen LogP contribution in [0.25, 0.3) is 33.5 Å². The third kappa shape index (κ3) is 7.12. The van der Waals surface area contributed by atoms with Crippen molar-refractivity contribution in [3.63, 3.8) is 0 Å². The van der Waals surface area contributed by atoms with Crippen LogP contribution in [0.3, 0.4) is 0 Å². The summed E-state index contributed by atoms with van der Waals surface area (Å²) in [7, 11) is -2.88. The Balaban J connectivity index is 1.49. The van der Waals surface area contributed by atoms with E-state index in [1.165, 1.54) is 42.3 Å². The Morgan fingerprint density at radius 1 is 1.06 bits per heavy atom. The second-order valence-corrected chi connectivity index (χ2v) is 14.9. The monoisotopic (exact) mass is 727 g/mol. The third-order valence-electron chi connectivity index (χ3n) is 8.38. The number of carbonyl (C=O) groups is 1. The van der Waals surface area contributed by atoms with Crippen LogP contribution >= 0.6 is 0 Å². The molecule has 51 heavy (non-hydrogen) atoms. The molecular weight excluding hydrogens is 691 g/mol. The van der Waals surface area contributed by atoms with Gasteiger partial charge in [-0.25, -0.2) is 32.1 Å². The zero-order chi connectivity index (χ0) is 36.9. The van der Waals surface area contributed by atoms with E-state index in [-0.39, 0.29) is 34.0 Å². The molecule has 1 aliphatic rings. The Labute approximate surface area is 291 Å². The minimum atomic E-state index is -4.92. The van der Waals surface area contributed by atoms with E-state index in [1.807, 2.05) is 0 Å². The number of aryl methyl sites for hydroxylation is 2. The van der Waals surface area contributed by atoms with E-state index in [2.05, 4.69) is 25.4 Å². The fraction of sp³-hybridized carbons (Fsp3) is 0.382. The molecule has 2 atom stereocenters. The zero-order valence-corrected chi connectivity index (χ0v) is 29.5. The summed E-state index contributed by atoms with van der Waals surface area (Å²) in [5.41, 5.74) is -1.46. The molecule has 270 valence electrons. The molecule has 6 rings (SSSR count). The number of alkyl halides is 3. The summed E-state index contributed by atoms with van der Waals surface area (Å²) in [5.74, 6) is 0.236. The number of fused-ring (bicyclic) bond motifs is 1. The van der Waals surface area contributed by atoms with Gasteiger partial charge in [0.05, 0.1) is 39.7 Å². The molecular formula is C34H36F3N7O6S. The first-order chi connectivity index (χ1) is 24.0. The molecule has 17 heteroatoms. The van der Waals surface area contributed by atoms with Gasteiger partial charge < -0.3 is 24.2 Å². The maximum absolute atomic E-state index is 14.6. The number of hydrogen-bond donors (Lipinski definition) is 1. The van der Waals surface area contributed by atoms with Crippen LogP contribution in [0.15, 0.2) is 64.3 Å². The van der Waals surface area contributed by atoms with Gasteiger partial charge in [0.1, 0.15) is 16.9 Å². The van der Waals surface area contributed by atoms with Crippen molar-refractivity contribution in [2.45, 2.75) is 69.9 Å². The second kappa shape index (κ2) is 13.3. The van der Waals surface area contributed by atoms with Crippen molar-refractivity contribution in [2.75, 3.05) is 25.5 Å². The fourth-order valence-electron chi connectivity index (χ4n) is 6.01. The first-order valence-electron chi connectivity index (χ1n) is 16.0. The highest BCUT2D eigenvalue weighted by atomic mass is 32.2. The number of methoxy groups -OCH3 is 1. The van der Waals surface area contributed by atoms with Gasteiger partial charge in [-0.1, -0.05) is 23.4 Å². The number of likely N-dealkylation sites (tertiary alicyclic amines) is 1. The number of ether oxygens (including phenoxy) is 2. The molecule has 1 aliphatic heterocycles. The van der Waals surface area contributed by atoms with Crippen molar-refractivity contribution in [3.05, 3.63) is 71.9 Å². The predicted molar refractivity (Wildman–Crippen MR) is 180 cm³/mol. The number of nitrogens with zero attached hydrogens (tertiary/aromatic N) is 6. The Hall–Kier alpha value is -5.03. The van der Waals surface area contributed by atoms with E-state index in [9.17, 15) is 26.4 Å². The lowest BCUT2D eigenvalue weighted by molar-refractivity contribution is -0.137. The van der Waals surface area contributed by atoms with Crippen molar-refractivity contribution in [1.82, 2.24) is 29.0 Å². The maximum atomic E-state index is 14.6. The van der Waals surface area contributed by atoms with Crippen LogP contribution in [-0.2, 0) is 25.7 Å². The third-order valence-corrected chi connectivity index (χ3v) is 10.0. The second-order valence-electron chi connectivity index (χ2n) is 13.1. The minimum absolute atomic E-state index is 0.0868. The molecule has 0 bridgehead atoms. The van der Waals surface area contributed by atoms with Gasteiger partial charge in [0.15, 0.2) is 5.65 Å². The van der Waals surface area contributed by atoms with Gasteiger partial charge in [0.2, 0.25) is 5.95 Å². The molecule has 1 fully saturated rings. The van der Waals surface area contributed by atoms with Gasteiger partial charge >= 0.3 is 12.3 Å². The van der Waals surface area contributed by atoms with Crippen LogP contribution in [0.1, 0.15) is 44.2 Å². The Kier molecular flexibility index (Phi) is 9.30. The van der Waals surface area contributed by atoms with Gasteiger partial charge in [-0.15, -0.1) is 0 Å². The van der Waals surface area contributed by atoms with Crippen LogP contribution in [0.5, 0.6) is 0 Å². The molecule has 0 radical (unpaired) electrons. The molecule has 1 saturated heterocycles. The summed E-state index contributed by atoms with van der Waals surface area (Å²) in [4.78, 5) is 27.2.